The fourth-order valence-corrected chi connectivity index (χ4v) is 3.86. The van der Waals surface area contributed by atoms with Crippen molar-refractivity contribution < 1.29 is 0 Å². The Bertz CT molecular complexity index is 793. The van der Waals surface area contributed by atoms with Crippen molar-refractivity contribution in [2.45, 2.75) is 32.2 Å². The van der Waals surface area contributed by atoms with E-state index in [-0.39, 0.29) is 6.04 Å². The third-order valence-corrected chi connectivity index (χ3v) is 4.96. The normalized spacial score (nSPS) is 20.0. The fourth-order valence-electron chi connectivity index (χ4n) is 3.64. The van der Waals surface area contributed by atoms with Crippen LogP contribution in [-0.2, 0) is 6.42 Å². The summed E-state index contributed by atoms with van der Waals surface area (Å²) in [5.41, 5.74) is 7.96. The number of rotatable bonds is 1. The maximum Gasteiger partial charge on any atom is 0.171 e. The predicted molar refractivity (Wildman–Crippen MR) is 99.1 cm³/mol. The van der Waals surface area contributed by atoms with E-state index in [0.29, 0.717) is 5.11 Å². The Morgan fingerprint density at radius 1 is 1.04 bits per heavy atom. The highest BCUT2D eigenvalue weighted by Crippen LogP contribution is 2.38. The van der Waals surface area contributed by atoms with Gasteiger partial charge in [-0.25, -0.2) is 0 Å². The molecular formula is C20H20N2S. The number of hydrogen-bond donors (Lipinski definition) is 2. The van der Waals surface area contributed by atoms with E-state index in [2.05, 4.69) is 66.1 Å². The minimum Gasteiger partial charge on any atom is -0.352 e. The molecule has 2 aromatic carbocycles. The molecule has 0 saturated heterocycles. The molecule has 1 heterocycles. The lowest BCUT2D eigenvalue weighted by atomic mass is 9.91. The first kappa shape index (κ1) is 14.5. The van der Waals surface area contributed by atoms with Gasteiger partial charge >= 0.3 is 0 Å². The smallest absolute Gasteiger partial charge is 0.171 e. The van der Waals surface area contributed by atoms with E-state index < -0.39 is 0 Å². The fraction of sp³-hybridized carbons (Fsp3) is 0.250. The quantitative estimate of drug-likeness (QED) is 0.768. The van der Waals surface area contributed by atoms with E-state index in [0.717, 1.165) is 12.8 Å². The summed E-state index contributed by atoms with van der Waals surface area (Å²) in [7, 11) is 0. The number of hydrogen-bond acceptors (Lipinski definition) is 1. The van der Waals surface area contributed by atoms with E-state index in [4.69, 9.17) is 12.2 Å². The molecule has 3 heteroatoms. The second kappa shape index (κ2) is 5.82. The van der Waals surface area contributed by atoms with Crippen LogP contribution in [0.5, 0.6) is 0 Å². The number of aryl methyl sites for hydroxylation is 2. The van der Waals surface area contributed by atoms with Gasteiger partial charge in [0.25, 0.3) is 0 Å². The summed E-state index contributed by atoms with van der Waals surface area (Å²) in [6.45, 7) is 2.15. The Morgan fingerprint density at radius 3 is 2.70 bits per heavy atom. The van der Waals surface area contributed by atoms with Crippen LogP contribution in [0.15, 0.2) is 54.1 Å². The van der Waals surface area contributed by atoms with Gasteiger partial charge in [0.05, 0.1) is 6.04 Å². The highest BCUT2D eigenvalue weighted by atomic mass is 32.1. The third kappa shape index (κ3) is 2.66. The lowest BCUT2D eigenvalue weighted by molar-refractivity contribution is 0.665. The second-order valence-corrected chi connectivity index (χ2v) is 6.76. The van der Waals surface area contributed by atoms with E-state index in [1.165, 1.54) is 39.9 Å². The van der Waals surface area contributed by atoms with Gasteiger partial charge in [0.15, 0.2) is 5.11 Å². The van der Waals surface area contributed by atoms with Gasteiger partial charge in [-0.1, -0.05) is 48.0 Å². The molecule has 4 rings (SSSR count). The van der Waals surface area contributed by atoms with Crippen LogP contribution in [-0.4, -0.2) is 5.11 Å². The lowest BCUT2D eigenvalue weighted by Crippen LogP contribution is -2.43. The largest absolute Gasteiger partial charge is 0.352 e. The Balaban J connectivity index is 1.89. The van der Waals surface area contributed by atoms with Gasteiger partial charge in [0.1, 0.15) is 0 Å². The maximum atomic E-state index is 5.50. The standard InChI is InChI=1S/C20H20N2S/c1-13-10-11-14-8-5-9-16-18(15-6-3-2-4-7-15)21-20(23)22-19(16)17(14)12-13/h2-4,6-7,10-12,18H,5,8-9H2,1H3,(H2,21,22,23). The first-order valence-corrected chi connectivity index (χ1v) is 8.58. The second-order valence-electron chi connectivity index (χ2n) is 6.36. The topological polar surface area (TPSA) is 24.1 Å². The zero-order chi connectivity index (χ0) is 15.8. The van der Waals surface area contributed by atoms with Crippen molar-refractivity contribution in [1.29, 1.82) is 0 Å². The summed E-state index contributed by atoms with van der Waals surface area (Å²) in [6, 6.07) is 17.5. The van der Waals surface area contributed by atoms with E-state index in [9.17, 15) is 0 Å². The molecule has 116 valence electrons. The van der Waals surface area contributed by atoms with Crippen LogP contribution in [0.25, 0.3) is 5.70 Å². The minimum absolute atomic E-state index is 0.173. The van der Waals surface area contributed by atoms with Crippen molar-refractivity contribution in [3.63, 3.8) is 0 Å². The molecule has 0 saturated carbocycles. The summed E-state index contributed by atoms with van der Waals surface area (Å²) in [6.07, 6.45) is 3.39. The molecule has 0 bridgehead atoms. The molecule has 23 heavy (non-hydrogen) atoms. The maximum absolute atomic E-state index is 5.50. The summed E-state index contributed by atoms with van der Waals surface area (Å²) in [5.74, 6) is 0. The molecule has 0 spiro atoms. The van der Waals surface area contributed by atoms with Gasteiger partial charge in [0.2, 0.25) is 0 Å². The van der Waals surface area contributed by atoms with E-state index >= 15 is 0 Å². The zero-order valence-corrected chi connectivity index (χ0v) is 14.0. The molecule has 0 aromatic heterocycles. The molecular weight excluding hydrogens is 300 g/mol. The number of fused-ring (bicyclic) bond motifs is 2. The first-order valence-electron chi connectivity index (χ1n) is 8.18. The SMILES string of the molecule is Cc1ccc2c(c1)C1=C(CCC2)C(c2ccccc2)NC(=S)N1. The van der Waals surface area contributed by atoms with Crippen molar-refractivity contribution >= 4 is 23.0 Å². The van der Waals surface area contributed by atoms with E-state index in [1.807, 2.05) is 0 Å². The van der Waals surface area contributed by atoms with Crippen molar-refractivity contribution in [2.75, 3.05) is 0 Å². The van der Waals surface area contributed by atoms with Gasteiger partial charge in [-0.15, -0.1) is 0 Å². The van der Waals surface area contributed by atoms with Crippen molar-refractivity contribution in [3.8, 4) is 0 Å². The highest BCUT2D eigenvalue weighted by molar-refractivity contribution is 7.80. The van der Waals surface area contributed by atoms with Crippen molar-refractivity contribution in [1.82, 2.24) is 10.6 Å². The van der Waals surface area contributed by atoms with Gasteiger partial charge in [-0.3, -0.25) is 0 Å². The Kier molecular flexibility index (Phi) is 3.66. The van der Waals surface area contributed by atoms with Crippen LogP contribution >= 0.6 is 12.2 Å². The van der Waals surface area contributed by atoms with Crippen LogP contribution in [0.3, 0.4) is 0 Å². The molecule has 1 aliphatic carbocycles. The summed E-state index contributed by atoms with van der Waals surface area (Å²) < 4.78 is 0. The molecule has 1 unspecified atom stereocenters. The molecule has 2 aromatic rings. The number of benzene rings is 2. The highest BCUT2D eigenvalue weighted by Gasteiger charge is 2.29. The molecule has 0 radical (unpaired) electrons. The zero-order valence-electron chi connectivity index (χ0n) is 13.2. The monoisotopic (exact) mass is 320 g/mol. The average Bonchev–Trinajstić information content (AvgIpc) is 2.74. The Labute approximate surface area is 142 Å². The molecule has 2 nitrogen and oxygen atoms in total. The van der Waals surface area contributed by atoms with Crippen LogP contribution in [0, 0.1) is 6.92 Å². The van der Waals surface area contributed by atoms with Crippen LogP contribution < -0.4 is 10.6 Å². The van der Waals surface area contributed by atoms with Gasteiger partial charge in [0, 0.05) is 11.3 Å². The lowest BCUT2D eigenvalue weighted by Gasteiger charge is -2.32. The van der Waals surface area contributed by atoms with Crippen LogP contribution in [0.1, 0.15) is 41.1 Å². The minimum atomic E-state index is 0.173. The molecule has 2 aliphatic rings. The van der Waals surface area contributed by atoms with Crippen LogP contribution in [0.2, 0.25) is 0 Å². The first-order chi connectivity index (χ1) is 11.2. The van der Waals surface area contributed by atoms with Gasteiger partial charge in [-0.05, 0) is 61.2 Å². The predicted octanol–water partition coefficient (Wildman–Crippen LogP) is 4.26. The molecule has 0 amide bonds. The van der Waals surface area contributed by atoms with Crippen LogP contribution in [0.4, 0.5) is 0 Å². The Hall–Kier alpha value is -2.13. The average molecular weight is 320 g/mol. The molecule has 1 aliphatic heterocycles. The molecule has 2 N–H and O–H groups in total. The van der Waals surface area contributed by atoms with Gasteiger partial charge in [-0.2, -0.15) is 0 Å². The third-order valence-electron chi connectivity index (χ3n) is 4.74. The van der Waals surface area contributed by atoms with Crippen molar-refractivity contribution in [3.05, 3.63) is 76.4 Å². The summed E-state index contributed by atoms with van der Waals surface area (Å²) in [5, 5.41) is 7.62. The van der Waals surface area contributed by atoms with E-state index in [1.54, 1.807) is 0 Å². The Morgan fingerprint density at radius 2 is 1.87 bits per heavy atom. The molecule has 0 fully saturated rings. The number of thiocarbonyl (C=S) groups is 1. The number of nitrogens with one attached hydrogen (secondary N) is 2. The van der Waals surface area contributed by atoms with Crippen molar-refractivity contribution in [2.24, 2.45) is 0 Å². The van der Waals surface area contributed by atoms with Gasteiger partial charge < -0.3 is 10.6 Å². The summed E-state index contributed by atoms with van der Waals surface area (Å²) in [4.78, 5) is 0. The summed E-state index contributed by atoms with van der Waals surface area (Å²) >= 11 is 5.50. The molecule has 1 atom stereocenters.